The molecule has 2 aliphatic rings. The predicted molar refractivity (Wildman–Crippen MR) is 84.8 cm³/mol. The van der Waals surface area contributed by atoms with Gasteiger partial charge in [-0.2, -0.15) is 0 Å². The molecular formula is C16H27N3O4. The Labute approximate surface area is 137 Å². The summed E-state index contributed by atoms with van der Waals surface area (Å²) in [6.45, 7) is 6.50. The first-order valence-electron chi connectivity index (χ1n) is 8.26. The minimum absolute atomic E-state index is 0.139. The molecule has 2 unspecified atom stereocenters. The maximum absolute atomic E-state index is 12.9. The van der Waals surface area contributed by atoms with Gasteiger partial charge >= 0.3 is 6.09 Å². The number of ether oxygens (including phenoxy) is 1. The van der Waals surface area contributed by atoms with Gasteiger partial charge in [0.1, 0.15) is 17.7 Å². The van der Waals surface area contributed by atoms with E-state index in [2.05, 4.69) is 5.32 Å². The van der Waals surface area contributed by atoms with Crippen LogP contribution in [0.25, 0.3) is 0 Å². The lowest BCUT2D eigenvalue weighted by Crippen LogP contribution is -2.53. The quantitative estimate of drug-likeness (QED) is 0.825. The number of likely N-dealkylation sites (N-methyl/N-ethyl adjacent to an activating group) is 1. The van der Waals surface area contributed by atoms with Gasteiger partial charge in [-0.25, -0.2) is 4.79 Å². The average Bonchev–Trinajstić information content (AvgIpc) is 3.12. The number of nitrogens with one attached hydrogen (secondary N) is 1. The number of carbonyl (C=O) groups excluding carboxylic acids is 3. The summed E-state index contributed by atoms with van der Waals surface area (Å²) in [6.07, 6.45) is 2.42. The van der Waals surface area contributed by atoms with Crippen molar-refractivity contribution >= 4 is 17.9 Å². The van der Waals surface area contributed by atoms with Crippen LogP contribution in [0.2, 0.25) is 0 Å². The van der Waals surface area contributed by atoms with Crippen molar-refractivity contribution in [2.24, 2.45) is 0 Å². The van der Waals surface area contributed by atoms with Crippen LogP contribution >= 0.6 is 0 Å². The zero-order valence-corrected chi connectivity index (χ0v) is 14.4. The summed E-state index contributed by atoms with van der Waals surface area (Å²) < 4.78 is 5.40. The van der Waals surface area contributed by atoms with Crippen LogP contribution in [0.5, 0.6) is 0 Å². The van der Waals surface area contributed by atoms with Crippen LogP contribution in [0.4, 0.5) is 4.79 Å². The monoisotopic (exact) mass is 325 g/mol. The minimum atomic E-state index is -0.592. The molecule has 0 aromatic heterocycles. The van der Waals surface area contributed by atoms with Crippen LogP contribution in [0.1, 0.15) is 46.5 Å². The Bertz CT molecular complexity index is 486. The van der Waals surface area contributed by atoms with E-state index in [0.29, 0.717) is 25.9 Å². The molecule has 0 bridgehead atoms. The second-order valence-corrected chi connectivity index (χ2v) is 7.14. The van der Waals surface area contributed by atoms with Crippen LogP contribution in [0.3, 0.4) is 0 Å². The van der Waals surface area contributed by atoms with Crippen molar-refractivity contribution in [2.75, 3.05) is 20.1 Å². The molecule has 0 spiro atoms. The van der Waals surface area contributed by atoms with E-state index in [9.17, 15) is 14.4 Å². The van der Waals surface area contributed by atoms with Crippen molar-refractivity contribution in [1.82, 2.24) is 15.1 Å². The lowest BCUT2D eigenvalue weighted by atomic mass is 10.1. The molecule has 0 aromatic rings. The largest absolute Gasteiger partial charge is 0.444 e. The summed E-state index contributed by atoms with van der Waals surface area (Å²) in [5.41, 5.74) is -0.592. The van der Waals surface area contributed by atoms with Crippen LogP contribution in [0.15, 0.2) is 0 Å². The average molecular weight is 325 g/mol. The number of likely N-dealkylation sites (tertiary alicyclic amines) is 2. The maximum atomic E-state index is 12.9. The first-order valence-corrected chi connectivity index (χ1v) is 8.26. The summed E-state index contributed by atoms with van der Waals surface area (Å²) in [5, 5.41) is 2.61. The highest BCUT2D eigenvalue weighted by Crippen LogP contribution is 2.26. The molecule has 0 aliphatic carbocycles. The van der Waals surface area contributed by atoms with Gasteiger partial charge < -0.3 is 15.0 Å². The first-order chi connectivity index (χ1) is 10.7. The van der Waals surface area contributed by atoms with E-state index in [1.807, 2.05) is 0 Å². The van der Waals surface area contributed by atoms with Gasteiger partial charge in [-0.1, -0.05) is 0 Å². The minimum Gasteiger partial charge on any atom is -0.444 e. The molecule has 2 rings (SSSR count). The van der Waals surface area contributed by atoms with Gasteiger partial charge in [0, 0.05) is 20.1 Å². The SMILES string of the molecule is CNC(=O)C1CCCN1C(=O)C1CCCN1C(=O)OC(C)(C)C. The lowest BCUT2D eigenvalue weighted by Gasteiger charge is -2.32. The van der Waals surface area contributed by atoms with E-state index in [0.717, 1.165) is 12.8 Å². The third-order valence-electron chi connectivity index (χ3n) is 4.25. The molecule has 23 heavy (non-hydrogen) atoms. The lowest BCUT2D eigenvalue weighted by molar-refractivity contribution is -0.141. The fourth-order valence-corrected chi connectivity index (χ4v) is 3.22. The first kappa shape index (κ1) is 17.6. The summed E-state index contributed by atoms with van der Waals surface area (Å²) in [4.78, 5) is 40.2. The van der Waals surface area contributed by atoms with Crippen LogP contribution in [0, 0.1) is 0 Å². The Morgan fingerprint density at radius 3 is 2.13 bits per heavy atom. The molecule has 1 N–H and O–H groups in total. The Kier molecular flexibility index (Phi) is 5.16. The smallest absolute Gasteiger partial charge is 0.410 e. The molecule has 3 amide bonds. The molecule has 0 saturated carbocycles. The zero-order valence-electron chi connectivity index (χ0n) is 14.4. The van der Waals surface area contributed by atoms with Crippen LogP contribution in [-0.4, -0.2) is 65.5 Å². The number of hydrogen-bond acceptors (Lipinski definition) is 4. The molecule has 130 valence electrons. The molecule has 2 saturated heterocycles. The highest BCUT2D eigenvalue weighted by Gasteiger charge is 2.42. The van der Waals surface area contributed by atoms with E-state index in [-0.39, 0.29) is 11.8 Å². The van der Waals surface area contributed by atoms with Gasteiger partial charge in [0.15, 0.2) is 0 Å². The van der Waals surface area contributed by atoms with E-state index < -0.39 is 23.8 Å². The van der Waals surface area contributed by atoms with E-state index >= 15 is 0 Å². The molecule has 7 heteroatoms. The molecular weight excluding hydrogens is 298 g/mol. The predicted octanol–water partition coefficient (Wildman–Crippen LogP) is 1.12. The fraction of sp³-hybridized carbons (Fsp3) is 0.812. The number of rotatable bonds is 2. The molecule has 7 nitrogen and oxygen atoms in total. The van der Waals surface area contributed by atoms with Gasteiger partial charge in [0.05, 0.1) is 0 Å². The van der Waals surface area contributed by atoms with Crippen molar-refractivity contribution in [3.05, 3.63) is 0 Å². The summed E-state index contributed by atoms with van der Waals surface area (Å²) in [6, 6.07) is -0.941. The van der Waals surface area contributed by atoms with Crippen molar-refractivity contribution in [3.63, 3.8) is 0 Å². The normalized spacial score (nSPS) is 24.7. The van der Waals surface area contributed by atoms with Crippen molar-refractivity contribution in [3.8, 4) is 0 Å². The zero-order chi connectivity index (χ0) is 17.2. The number of nitrogens with zero attached hydrogens (tertiary/aromatic N) is 2. The molecule has 2 atom stereocenters. The number of carbonyl (C=O) groups is 3. The highest BCUT2D eigenvalue weighted by molar-refractivity contribution is 5.92. The molecule has 0 aromatic carbocycles. The molecule has 2 aliphatic heterocycles. The molecule has 2 heterocycles. The van der Waals surface area contributed by atoms with E-state index in [4.69, 9.17) is 4.74 Å². The van der Waals surface area contributed by atoms with Gasteiger partial charge in [-0.05, 0) is 46.5 Å². The van der Waals surface area contributed by atoms with Crippen LogP contribution < -0.4 is 5.32 Å². The summed E-state index contributed by atoms with van der Waals surface area (Å²) in [7, 11) is 1.58. The third kappa shape index (κ3) is 3.95. The van der Waals surface area contributed by atoms with Crippen molar-refractivity contribution < 1.29 is 19.1 Å². The van der Waals surface area contributed by atoms with Gasteiger partial charge in [0.25, 0.3) is 0 Å². The molecule has 2 fully saturated rings. The van der Waals surface area contributed by atoms with Crippen molar-refractivity contribution in [1.29, 1.82) is 0 Å². The Balaban J connectivity index is 2.08. The standard InChI is InChI=1S/C16H27N3O4/c1-16(2,3)23-15(22)19-10-6-8-12(19)14(21)18-9-5-7-11(18)13(20)17-4/h11-12H,5-10H2,1-4H3,(H,17,20). The number of amides is 3. The maximum Gasteiger partial charge on any atom is 0.410 e. The Morgan fingerprint density at radius 1 is 1.00 bits per heavy atom. The van der Waals surface area contributed by atoms with Gasteiger partial charge in [-0.3, -0.25) is 14.5 Å². The topological polar surface area (TPSA) is 79.0 Å². The fourth-order valence-electron chi connectivity index (χ4n) is 3.22. The third-order valence-corrected chi connectivity index (χ3v) is 4.25. The Morgan fingerprint density at radius 2 is 1.57 bits per heavy atom. The summed E-state index contributed by atoms with van der Waals surface area (Å²) in [5.74, 6) is -0.280. The highest BCUT2D eigenvalue weighted by atomic mass is 16.6. The van der Waals surface area contributed by atoms with Gasteiger partial charge in [0.2, 0.25) is 11.8 Å². The van der Waals surface area contributed by atoms with Crippen LogP contribution in [-0.2, 0) is 14.3 Å². The van der Waals surface area contributed by atoms with E-state index in [1.54, 1.807) is 32.7 Å². The second kappa shape index (κ2) is 6.76. The summed E-state index contributed by atoms with van der Waals surface area (Å²) >= 11 is 0. The van der Waals surface area contributed by atoms with E-state index in [1.165, 1.54) is 4.90 Å². The number of hydrogen-bond donors (Lipinski definition) is 1. The second-order valence-electron chi connectivity index (χ2n) is 7.14. The molecule has 0 radical (unpaired) electrons. The van der Waals surface area contributed by atoms with Gasteiger partial charge in [-0.15, -0.1) is 0 Å². The van der Waals surface area contributed by atoms with Crippen molar-refractivity contribution in [2.45, 2.75) is 64.1 Å². The Hall–Kier alpha value is -1.79.